The number of nitrogens with zero attached hydrogens (tertiary/aromatic N) is 1. The Morgan fingerprint density at radius 1 is 0.806 bits per heavy atom. The molecule has 0 spiro atoms. The van der Waals surface area contributed by atoms with E-state index < -0.39 is 10.0 Å². The van der Waals surface area contributed by atoms with Crippen LogP contribution >= 0.6 is 11.6 Å². The van der Waals surface area contributed by atoms with Gasteiger partial charge in [-0.15, -0.1) is 0 Å². The van der Waals surface area contributed by atoms with Crippen LogP contribution in [0.25, 0.3) is 0 Å². The molecule has 7 heteroatoms. The molecule has 5 nitrogen and oxygen atoms in total. The number of hydrogen-bond donors (Lipinski definition) is 1. The van der Waals surface area contributed by atoms with Crippen molar-refractivity contribution in [1.82, 2.24) is 0 Å². The number of aryl methyl sites for hydroxylation is 3. The van der Waals surface area contributed by atoms with E-state index in [0.717, 1.165) is 22.3 Å². The minimum atomic E-state index is -3.80. The monoisotopic (exact) mass is 518 g/mol. The lowest BCUT2D eigenvalue weighted by molar-refractivity contribution is 0.102. The second kappa shape index (κ2) is 10.6. The summed E-state index contributed by atoms with van der Waals surface area (Å²) in [6, 6.07) is 26.4. The number of rotatable bonds is 7. The number of nitrogens with one attached hydrogen (secondary N) is 1. The SMILES string of the molecule is Cc1ccc(N(Cc2ccc(NC(=O)c3cc(Cl)ccc3C)cc2)S(=O)(=O)c2ccccc2)cc1C. The van der Waals surface area contributed by atoms with Crippen LogP contribution in [-0.2, 0) is 16.6 Å². The molecule has 0 aliphatic rings. The Morgan fingerprint density at radius 2 is 1.47 bits per heavy atom. The number of carbonyl (C=O) groups is 1. The highest BCUT2D eigenvalue weighted by atomic mass is 35.5. The molecule has 0 heterocycles. The van der Waals surface area contributed by atoms with Gasteiger partial charge >= 0.3 is 0 Å². The van der Waals surface area contributed by atoms with Crippen LogP contribution in [0.2, 0.25) is 5.02 Å². The summed E-state index contributed by atoms with van der Waals surface area (Å²) in [5.74, 6) is -0.258. The summed E-state index contributed by atoms with van der Waals surface area (Å²) >= 11 is 6.05. The largest absolute Gasteiger partial charge is 0.322 e. The van der Waals surface area contributed by atoms with Crippen molar-refractivity contribution in [3.05, 3.63) is 124 Å². The third kappa shape index (κ3) is 5.61. The number of halogens is 1. The van der Waals surface area contributed by atoms with Gasteiger partial charge in [0.25, 0.3) is 15.9 Å². The average Bonchev–Trinajstić information content (AvgIpc) is 2.87. The van der Waals surface area contributed by atoms with Crippen molar-refractivity contribution in [1.29, 1.82) is 0 Å². The van der Waals surface area contributed by atoms with Gasteiger partial charge in [-0.25, -0.2) is 8.42 Å². The fraction of sp³-hybridized carbons (Fsp3) is 0.138. The molecule has 0 fully saturated rings. The Hall–Kier alpha value is -3.61. The summed E-state index contributed by atoms with van der Waals surface area (Å²) < 4.78 is 28.7. The summed E-state index contributed by atoms with van der Waals surface area (Å²) in [7, 11) is -3.80. The number of benzene rings is 4. The second-order valence-electron chi connectivity index (χ2n) is 8.70. The van der Waals surface area contributed by atoms with E-state index in [9.17, 15) is 13.2 Å². The van der Waals surface area contributed by atoms with Gasteiger partial charge in [0.1, 0.15) is 0 Å². The van der Waals surface area contributed by atoms with Gasteiger partial charge in [0.05, 0.1) is 17.1 Å². The molecule has 1 N–H and O–H groups in total. The Morgan fingerprint density at radius 3 is 2.14 bits per heavy atom. The zero-order chi connectivity index (χ0) is 25.9. The lowest BCUT2D eigenvalue weighted by atomic mass is 10.1. The highest BCUT2D eigenvalue weighted by Gasteiger charge is 2.25. The van der Waals surface area contributed by atoms with Gasteiger partial charge in [-0.2, -0.15) is 0 Å². The van der Waals surface area contributed by atoms with Crippen LogP contribution in [0, 0.1) is 20.8 Å². The van der Waals surface area contributed by atoms with Gasteiger partial charge in [-0.3, -0.25) is 9.10 Å². The van der Waals surface area contributed by atoms with E-state index in [4.69, 9.17) is 11.6 Å². The third-order valence-corrected chi connectivity index (χ3v) is 8.12. The van der Waals surface area contributed by atoms with Crippen molar-refractivity contribution < 1.29 is 13.2 Å². The lowest BCUT2D eigenvalue weighted by Gasteiger charge is -2.25. The predicted octanol–water partition coefficient (Wildman–Crippen LogP) is 6.91. The van der Waals surface area contributed by atoms with Crippen molar-refractivity contribution >= 4 is 38.9 Å². The molecular formula is C29H27ClN2O3S. The fourth-order valence-corrected chi connectivity index (χ4v) is 5.45. The Labute approximate surface area is 217 Å². The molecule has 4 rings (SSSR count). The molecule has 0 saturated carbocycles. The molecule has 0 aromatic heterocycles. The smallest absolute Gasteiger partial charge is 0.264 e. The standard InChI is InChI=1S/C29H27ClN2O3S/c1-20-10-16-26(17-22(20)3)32(36(34,35)27-7-5-4-6-8-27)19-23-11-14-25(15-12-23)31-29(33)28-18-24(30)13-9-21(28)2/h4-18H,19H2,1-3H3,(H,31,33). The molecule has 0 atom stereocenters. The summed E-state index contributed by atoms with van der Waals surface area (Å²) in [5, 5.41) is 3.37. The van der Waals surface area contributed by atoms with Gasteiger partial charge in [-0.1, -0.05) is 54.1 Å². The maximum atomic E-state index is 13.6. The Bertz CT molecular complexity index is 1500. The zero-order valence-corrected chi connectivity index (χ0v) is 21.9. The number of hydrogen-bond acceptors (Lipinski definition) is 3. The van der Waals surface area contributed by atoms with Crippen molar-refractivity contribution in [2.75, 3.05) is 9.62 Å². The van der Waals surface area contributed by atoms with Gasteiger partial charge in [-0.05, 0) is 91.6 Å². The van der Waals surface area contributed by atoms with Crippen LogP contribution in [0.5, 0.6) is 0 Å². The van der Waals surface area contributed by atoms with Crippen LogP contribution < -0.4 is 9.62 Å². The molecule has 36 heavy (non-hydrogen) atoms. The molecule has 4 aromatic rings. The van der Waals surface area contributed by atoms with E-state index >= 15 is 0 Å². The summed E-state index contributed by atoms with van der Waals surface area (Å²) in [6.45, 7) is 5.95. The average molecular weight is 519 g/mol. The summed E-state index contributed by atoms with van der Waals surface area (Å²) in [6.07, 6.45) is 0. The van der Waals surface area contributed by atoms with Crippen LogP contribution in [0.1, 0.15) is 32.6 Å². The van der Waals surface area contributed by atoms with Crippen LogP contribution in [0.3, 0.4) is 0 Å². The third-order valence-electron chi connectivity index (χ3n) is 6.09. The second-order valence-corrected chi connectivity index (χ2v) is 11.0. The molecule has 0 bridgehead atoms. The first-order chi connectivity index (χ1) is 17.1. The van der Waals surface area contributed by atoms with E-state index in [2.05, 4.69) is 5.32 Å². The minimum absolute atomic E-state index is 0.140. The molecule has 0 aliphatic carbocycles. The van der Waals surface area contributed by atoms with Gasteiger partial charge in [0.2, 0.25) is 0 Å². The van der Waals surface area contributed by atoms with E-state index in [1.54, 1.807) is 60.7 Å². The normalized spacial score (nSPS) is 11.2. The predicted molar refractivity (Wildman–Crippen MR) is 146 cm³/mol. The van der Waals surface area contributed by atoms with Crippen LogP contribution in [0.4, 0.5) is 11.4 Å². The molecule has 4 aromatic carbocycles. The van der Waals surface area contributed by atoms with Crippen LogP contribution in [0.15, 0.2) is 95.9 Å². The molecule has 0 radical (unpaired) electrons. The zero-order valence-electron chi connectivity index (χ0n) is 20.3. The highest BCUT2D eigenvalue weighted by molar-refractivity contribution is 7.92. The molecular weight excluding hydrogens is 492 g/mol. The van der Waals surface area contributed by atoms with Gasteiger partial charge in [0, 0.05) is 16.3 Å². The molecule has 0 unspecified atom stereocenters. The van der Waals surface area contributed by atoms with Crippen molar-refractivity contribution in [3.63, 3.8) is 0 Å². The molecule has 0 aliphatic heterocycles. The quantitative estimate of drug-likeness (QED) is 0.289. The van der Waals surface area contributed by atoms with Gasteiger partial charge < -0.3 is 5.32 Å². The van der Waals surface area contributed by atoms with Crippen LogP contribution in [-0.4, -0.2) is 14.3 Å². The molecule has 184 valence electrons. The first-order valence-corrected chi connectivity index (χ1v) is 13.3. The maximum absolute atomic E-state index is 13.6. The topological polar surface area (TPSA) is 66.5 Å². The Balaban J connectivity index is 1.61. The minimum Gasteiger partial charge on any atom is -0.322 e. The number of amides is 1. The highest BCUT2D eigenvalue weighted by Crippen LogP contribution is 2.28. The van der Waals surface area contributed by atoms with Crippen molar-refractivity contribution in [3.8, 4) is 0 Å². The van der Waals surface area contributed by atoms with Crippen molar-refractivity contribution in [2.24, 2.45) is 0 Å². The number of anilines is 2. The lowest BCUT2D eigenvalue weighted by Crippen LogP contribution is -2.30. The number of carbonyl (C=O) groups excluding carboxylic acids is 1. The summed E-state index contributed by atoms with van der Waals surface area (Å²) in [5.41, 5.74) is 5.40. The molecule has 0 saturated heterocycles. The first-order valence-electron chi connectivity index (χ1n) is 11.5. The van der Waals surface area contributed by atoms with E-state index in [-0.39, 0.29) is 17.3 Å². The van der Waals surface area contributed by atoms with Gasteiger partial charge in [0.15, 0.2) is 0 Å². The summed E-state index contributed by atoms with van der Waals surface area (Å²) in [4.78, 5) is 13.0. The van der Waals surface area contributed by atoms with Crippen molar-refractivity contribution in [2.45, 2.75) is 32.2 Å². The van der Waals surface area contributed by atoms with E-state index in [1.165, 1.54) is 4.31 Å². The number of sulfonamides is 1. The Kier molecular flexibility index (Phi) is 7.48. The maximum Gasteiger partial charge on any atom is 0.264 e. The fourth-order valence-electron chi connectivity index (χ4n) is 3.81. The van der Waals surface area contributed by atoms with E-state index in [0.29, 0.717) is 22.0 Å². The first kappa shape index (κ1) is 25.5. The van der Waals surface area contributed by atoms with E-state index in [1.807, 2.05) is 51.1 Å². The molecule has 1 amide bonds.